The summed E-state index contributed by atoms with van der Waals surface area (Å²) in [6.07, 6.45) is 2.97. The number of carbonyl (C=O) groups excluding carboxylic acids is 1. The van der Waals surface area contributed by atoms with Crippen LogP contribution in [0.25, 0.3) is 0 Å². The first-order valence-electron chi connectivity index (χ1n) is 8.01. The van der Waals surface area contributed by atoms with Gasteiger partial charge in [0.25, 0.3) is 5.91 Å². The standard InChI is InChI=1S/C18H19N5O2/c1-3-23(12-14-7-5-4-6-8-14)18(24)15-10-20-17(11-19-15)21-16-9-13(2)25-22-16/h4-11H,3,12H2,1-2H3,(H,20,21,22). The molecule has 3 aromatic rings. The third kappa shape index (κ3) is 4.20. The molecule has 0 aliphatic rings. The molecule has 7 nitrogen and oxygen atoms in total. The monoisotopic (exact) mass is 337 g/mol. The second-order valence-electron chi connectivity index (χ2n) is 5.54. The second kappa shape index (κ2) is 7.57. The summed E-state index contributed by atoms with van der Waals surface area (Å²) in [4.78, 5) is 22.8. The van der Waals surface area contributed by atoms with E-state index in [9.17, 15) is 4.79 Å². The highest BCUT2D eigenvalue weighted by atomic mass is 16.5. The lowest BCUT2D eigenvalue weighted by Crippen LogP contribution is -2.31. The first-order valence-corrected chi connectivity index (χ1v) is 8.01. The molecule has 0 bridgehead atoms. The largest absolute Gasteiger partial charge is 0.360 e. The van der Waals surface area contributed by atoms with Crippen molar-refractivity contribution in [3.63, 3.8) is 0 Å². The van der Waals surface area contributed by atoms with E-state index in [-0.39, 0.29) is 5.91 Å². The highest BCUT2D eigenvalue weighted by Gasteiger charge is 2.16. The molecule has 0 saturated heterocycles. The molecular formula is C18H19N5O2. The Kier molecular flexibility index (Phi) is 5.03. The van der Waals surface area contributed by atoms with Crippen molar-refractivity contribution in [2.75, 3.05) is 11.9 Å². The number of anilines is 2. The van der Waals surface area contributed by atoms with E-state index in [0.29, 0.717) is 36.2 Å². The van der Waals surface area contributed by atoms with Crippen LogP contribution in [0.4, 0.5) is 11.6 Å². The maximum Gasteiger partial charge on any atom is 0.274 e. The molecule has 0 aliphatic carbocycles. The van der Waals surface area contributed by atoms with E-state index in [2.05, 4.69) is 20.4 Å². The fraction of sp³-hybridized carbons (Fsp3) is 0.222. The van der Waals surface area contributed by atoms with Crippen molar-refractivity contribution in [2.45, 2.75) is 20.4 Å². The molecule has 2 heterocycles. The average molecular weight is 337 g/mol. The summed E-state index contributed by atoms with van der Waals surface area (Å²) in [5.41, 5.74) is 1.38. The highest BCUT2D eigenvalue weighted by molar-refractivity contribution is 5.92. The third-order valence-electron chi connectivity index (χ3n) is 3.64. The van der Waals surface area contributed by atoms with Crippen molar-refractivity contribution in [3.8, 4) is 0 Å². The van der Waals surface area contributed by atoms with Crippen molar-refractivity contribution in [1.29, 1.82) is 0 Å². The minimum absolute atomic E-state index is 0.150. The molecule has 1 aromatic carbocycles. The van der Waals surface area contributed by atoms with Gasteiger partial charge >= 0.3 is 0 Å². The first kappa shape index (κ1) is 16.6. The quantitative estimate of drug-likeness (QED) is 0.744. The van der Waals surface area contributed by atoms with Crippen molar-refractivity contribution in [3.05, 3.63) is 65.8 Å². The smallest absolute Gasteiger partial charge is 0.274 e. The van der Waals surface area contributed by atoms with E-state index in [1.54, 1.807) is 17.9 Å². The average Bonchev–Trinajstić information content (AvgIpc) is 3.05. The van der Waals surface area contributed by atoms with Crippen molar-refractivity contribution in [1.82, 2.24) is 20.0 Å². The van der Waals surface area contributed by atoms with Gasteiger partial charge in [-0.15, -0.1) is 0 Å². The summed E-state index contributed by atoms with van der Waals surface area (Å²) >= 11 is 0. The normalized spacial score (nSPS) is 10.5. The van der Waals surface area contributed by atoms with E-state index in [4.69, 9.17) is 4.52 Å². The molecule has 0 fully saturated rings. The zero-order chi connectivity index (χ0) is 17.6. The predicted octanol–water partition coefficient (Wildman–Crippen LogP) is 3.18. The number of carbonyl (C=O) groups is 1. The molecule has 0 spiro atoms. The minimum Gasteiger partial charge on any atom is -0.360 e. The summed E-state index contributed by atoms with van der Waals surface area (Å²) in [6, 6.07) is 11.6. The molecule has 128 valence electrons. The summed E-state index contributed by atoms with van der Waals surface area (Å²) in [5.74, 6) is 1.59. The lowest BCUT2D eigenvalue weighted by Gasteiger charge is -2.20. The lowest BCUT2D eigenvalue weighted by molar-refractivity contribution is 0.0746. The highest BCUT2D eigenvalue weighted by Crippen LogP contribution is 2.14. The summed E-state index contributed by atoms with van der Waals surface area (Å²) in [7, 11) is 0. The number of nitrogens with one attached hydrogen (secondary N) is 1. The molecule has 0 atom stereocenters. The van der Waals surface area contributed by atoms with Gasteiger partial charge in [0, 0.05) is 19.2 Å². The van der Waals surface area contributed by atoms with Crippen molar-refractivity contribution in [2.24, 2.45) is 0 Å². The Morgan fingerprint density at radius 1 is 1.16 bits per heavy atom. The van der Waals surface area contributed by atoms with Crippen LogP contribution in [0.15, 0.2) is 53.3 Å². The van der Waals surface area contributed by atoms with Gasteiger partial charge in [0.15, 0.2) is 5.82 Å². The van der Waals surface area contributed by atoms with Crippen LogP contribution >= 0.6 is 0 Å². The van der Waals surface area contributed by atoms with Crippen LogP contribution < -0.4 is 5.32 Å². The van der Waals surface area contributed by atoms with Crippen molar-refractivity contribution >= 4 is 17.5 Å². The van der Waals surface area contributed by atoms with Gasteiger partial charge in [0.05, 0.1) is 12.4 Å². The molecule has 1 N–H and O–H groups in total. The van der Waals surface area contributed by atoms with Crippen LogP contribution in [0, 0.1) is 6.92 Å². The van der Waals surface area contributed by atoms with Crippen LogP contribution in [-0.4, -0.2) is 32.5 Å². The second-order valence-corrected chi connectivity index (χ2v) is 5.54. The molecule has 0 saturated carbocycles. The fourth-order valence-electron chi connectivity index (χ4n) is 2.35. The van der Waals surface area contributed by atoms with Gasteiger partial charge in [0.1, 0.15) is 17.3 Å². The molecule has 25 heavy (non-hydrogen) atoms. The van der Waals surface area contributed by atoms with Gasteiger partial charge in [-0.05, 0) is 19.4 Å². The Morgan fingerprint density at radius 3 is 2.56 bits per heavy atom. The van der Waals surface area contributed by atoms with Crippen LogP contribution in [0.2, 0.25) is 0 Å². The molecule has 2 aromatic heterocycles. The predicted molar refractivity (Wildman–Crippen MR) is 93.4 cm³/mol. The molecule has 7 heteroatoms. The zero-order valence-corrected chi connectivity index (χ0v) is 14.1. The van der Waals surface area contributed by atoms with Gasteiger partial charge in [0.2, 0.25) is 0 Å². The number of aromatic nitrogens is 3. The number of hydrogen-bond acceptors (Lipinski definition) is 6. The summed E-state index contributed by atoms with van der Waals surface area (Å²) in [6.45, 7) is 4.87. The molecule has 0 radical (unpaired) electrons. The molecular weight excluding hydrogens is 318 g/mol. The summed E-state index contributed by atoms with van der Waals surface area (Å²) in [5, 5.41) is 6.80. The molecule has 0 aliphatic heterocycles. The van der Waals surface area contributed by atoms with E-state index in [1.807, 2.05) is 37.3 Å². The van der Waals surface area contributed by atoms with Gasteiger partial charge in [-0.25, -0.2) is 9.97 Å². The number of aryl methyl sites for hydroxylation is 1. The Labute approximate surface area is 145 Å². The topological polar surface area (TPSA) is 84.2 Å². The minimum atomic E-state index is -0.150. The Morgan fingerprint density at radius 2 is 1.96 bits per heavy atom. The van der Waals surface area contributed by atoms with Crippen molar-refractivity contribution < 1.29 is 9.32 Å². The number of amides is 1. The van der Waals surface area contributed by atoms with Crippen LogP contribution in [-0.2, 0) is 6.54 Å². The first-order chi connectivity index (χ1) is 12.2. The number of benzene rings is 1. The fourth-order valence-corrected chi connectivity index (χ4v) is 2.35. The van der Waals surface area contributed by atoms with E-state index in [1.165, 1.54) is 12.4 Å². The number of nitrogens with zero attached hydrogens (tertiary/aromatic N) is 4. The number of rotatable bonds is 6. The Hall–Kier alpha value is -3.22. The zero-order valence-electron chi connectivity index (χ0n) is 14.1. The number of hydrogen-bond donors (Lipinski definition) is 1. The van der Waals surface area contributed by atoms with Gasteiger partial charge in [-0.3, -0.25) is 4.79 Å². The van der Waals surface area contributed by atoms with Gasteiger partial charge in [-0.2, -0.15) is 0 Å². The SMILES string of the molecule is CCN(Cc1ccccc1)C(=O)c1cnc(Nc2cc(C)on2)cn1. The van der Waals surface area contributed by atoms with Gasteiger partial charge in [-0.1, -0.05) is 35.5 Å². The van der Waals surface area contributed by atoms with Crippen LogP contribution in [0.1, 0.15) is 28.7 Å². The third-order valence-corrected chi connectivity index (χ3v) is 3.64. The maximum atomic E-state index is 12.6. The molecule has 3 rings (SSSR count). The summed E-state index contributed by atoms with van der Waals surface area (Å²) < 4.78 is 4.98. The van der Waals surface area contributed by atoms with Crippen LogP contribution in [0.3, 0.4) is 0 Å². The van der Waals surface area contributed by atoms with E-state index in [0.717, 1.165) is 5.56 Å². The Bertz CT molecular complexity index is 830. The Balaban J connectivity index is 1.68. The van der Waals surface area contributed by atoms with E-state index >= 15 is 0 Å². The van der Waals surface area contributed by atoms with Gasteiger partial charge < -0.3 is 14.7 Å². The molecule has 1 amide bonds. The molecule has 0 unspecified atom stereocenters. The lowest BCUT2D eigenvalue weighted by atomic mass is 10.2. The van der Waals surface area contributed by atoms with E-state index < -0.39 is 0 Å². The maximum absolute atomic E-state index is 12.6. The van der Waals surface area contributed by atoms with Crippen LogP contribution in [0.5, 0.6) is 0 Å².